The van der Waals surface area contributed by atoms with E-state index in [0.717, 1.165) is 31.9 Å². The first-order chi connectivity index (χ1) is 9.97. The monoisotopic (exact) mass is 296 g/mol. The second kappa shape index (κ2) is 6.95. The number of nitro benzene ring substituents is 1. The van der Waals surface area contributed by atoms with Gasteiger partial charge in [0, 0.05) is 24.2 Å². The largest absolute Gasteiger partial charge is 0.393 e. The first kappa shape index (κ1) is 15.9. The molecule has 2 unspecified atom stereocenters. The molecule has 1 saturated heterocycles. The molecule has 6 heteroatoms. The lowest BCUT2D eigenvalue weighted by Gasteiger charge is -2.36. The van der Waals surface area contributed by atoms with Crippen molar-refractivity contribution in [3.05, 3.63) is 39.7 Å². The van der Waals surface area contributed by atoms with Crippen LogP contribution in [0.2, 0.25) is 0 Å². The lowest BCUT2D eigenvalue weighted by molar-refractivity contribution is -0.385. The predicted octanol–water partition coefficient (Wildman–Crippen LogP) is 2.86. The highest BCUT2D eigenvalue weighted by Gasteiger charge is 2.26. The van der Waals surface area contributed by atoms with E-state index in [-0.39, 0.29) is 11.7 Å². The molecule has 1 aliphatic heterocycles. The van der Waals surface area contributed by atoms with Gasteiger partial charge in [-0.2, -0.15) is 0 Å². The third-order valence-corrected chi connectivity index (χ3v) is 3.97. The van der Waals surface area contributed by atoms with Gasteiger partial charge < -0.3 is 5.11 Å². The molecule has 0 aromatic heterocycles. The van der Waals surface area contributed by atoms with Crippen LogP contribution in [0.3, 0.4) is 0 Å². The molecule has 0 saturated carbocycles. The van der Waals surface area contributed by atoms with Gasteiger partial charge >= 0.3 is 0 Å². The zero-order chi connectivity index (χ0) is 15.4. The molecule has 0 radical (unpaired) electrons. The predicted molar refractivity (Wildman–Crippen MR) is 77.4 cm³/mol. The lowest BCUT2D eigenvalue weighted by Crippen LogP contribution is -2.40. The maximum Gasteiger partial charge on any atom is 0.274 e. The summed E-state index contributed by atoms with van der Waals surface area (Å²) in [4.78, 5) is 12.7. The van der Waals surface area contributed by atoms with Gasteiger partial charge in [-0.1, -0.05) is 6.42 Å². The van der Waals surface area contributed by atoms with Gasteiger partial charge in [-0.05, 0) is 44.9 Å². The summed E-state index contributed by atoms with van der Waals surface area (Å²) in [7, 11) is 0. The van der Waals surface area contributed by atoms with E-state index in [9.17, 15) is 19.6 Å². The number of rotatable bonds is 5. The Labute approximate surface area is 123 Å². The van der Waals surface area contributed by atoms with Crippen LogP contribution in [0.1, 0.15) is 38.2 Å². The lowest BCUT2D eigenvalue weighted by atomic mass is 9.96. The molecule has 2 atom stereocenters. The second-order valence-electron chi connectivity index (χ2n) is 5.73. The van der Waals surface area contributed by atoms with Crippen molar-refractivity contribution in [2.24, 2.45) is 0 Å². The van der Waals surface area contributed by atoms with E-state index < -0.39 is 16.8 Å². The Morgan fingerprint density at radius 3 is 2.95 bits per heavy atom. The Kier molecular flexibility index (Phi) is 5.25. The number of likely N-dealkylation sites (tertiary alicyclic amines) is 1. The van der Waals surface area contributed by atoms with Crippen molar-refractivity contribution in [3.63, 3.8) is 0 Å². The van der Waals surface area contributed by atoms with Crippen molar-refractivity contribution >= 4 is 5.69 Å². The molecule has 21 heavy (non-hydrogen) atoms. The topological polar surface area (TPSA) is 66.6 Å². The van der Waals surface area contributed by atoms with Gasteiger partial charge in [-0.15, -0.1) is 0 Å². The van der Waals surface area contributed by atoms with Gasteiger partial charge in [-0.3, -0.25) is 15.0 Å². The van der Waals surface area contributed by atoms with Gasteiger partial charge in [0.25, 0.3) is 5.69 Å². The molecule has 1 aliphatic rings. The van der Waals surface area contributed by atoms with Crippen molar-refractivity contribution in [2.45, 2.75) is 51.3 Å². The molecule has 0 bridgehead atoms. The molecule has 0 amide bonds. The van der Waals surface area contributed by atoms with Gasteiger partial charge in [0.15, 0.2) is 0 Å². The van der Waals surface area contributed by atoms with Gasteiger partial charge in [0.1, 0.15) is 5.82 Å². The minimum absolute atomic E-state index is 0.0437. The number of benzene rings is 1. The van der Waals surface area contributed by atoms with E-state index in [1.165, 1.54) is 12.1 Å². The molecule has 116 valence electrons. The fourth-order valence-electron chi connectivity index (χ4n) is 3.01. The number of nitro groups is 1. The zero-order valence-corrected chi connectivity index (χ0v) is 12.2. The summed E-state index contributed by atoms with van der Waals surface area (Å²) in [5.41, 5.74) is 0.357. The van der Waals surface area contributed by atoms with Crippen molar-refractivity contribution < 1.29 is 14.4 Å². The average Bonchev–Trinajstić information content (AvgIpc) is 2.40. The van der Waals surface area contributed by atoms with Crippen molar-refractivity contribution in [1.82, 2.24) is 4.90 Å². The number of aliphatic hydroxyl groups is 1. The van der Waals surface area contributed by atoms with Crippen molar-refractivity contribution in [3.8, 4) is 0 Å². The Morgan fingerprint density at radius 2 is 2.29 bits per heavy atom. The van der Waals surface area contributed by atoms with Crippen LogP contribution < -0.4 is 0 Å². The van der Waals surface area contributed by atoms with Gasteiger partial charge in [0.2, 0.25) is 0 Å². The van der Waals surface area contributed by atoms with Crippen LogP contribution in [0.4, 0.5) is 10.1 Å². The zero-order valence-electron chi connectivity index (χ0n) is 12.2. The second-order valence-corrected chi connectivity index (χ2v) is 5.73. The highest BCUT2D eigenvalue weighted by molar-refractivity contribution is 5.40. The summed E-state index contributed by atoms with van der Waals surface area (Å²) in [6.07, 6.45) is 3.33. The van der Waals surface area contributed by atoms with Crippen LogP contribution in [-0.4, -0.2) is 33.6 Å². The van der Waals surface area contributed by atoms with E-state index in [1.807, 2.05) is 0 Å². The molecule has 0 spiro atoms. The average molecular weight is 296 g/mol. The maximum atomic E-state index is 13.4. The number of aliphatic hydroxyl groups excluding tert-OH is 1. The molecule has 2 rings (SSSR count). The van der Waals surface area contributed by atoms with E-state index in [1.54, 1.807) is 6.92 Å². The summed E-state index contributed by atoms with van der Waals surface area (Å²) in [6, 6.07) is 3.77. The summed E-state index contributed by atoms with van der Waals surface area (Å²) in [5, 5.41) is 20.6. The van der Waals surface area contributed by atoms with E-state index in [2.05, 4.69) is 4.90 Å². The third-order valence-electron chi connectivity index (χ3n) is 3.97. The molecular formula is C15H21FN2O3. The van der Waals surface area contributed by atoms with Crippen LogP contribution >= 0.6 is 0 Å². The normalized spacial score (nSPS) is 21.2. The Balaban J connectivity index is 2.18. The standard InChI is InChI=1S/C15H21FN2O3/c1-11(19)8-14-4-2-3-7-17(14)10-12-9-13(16)5-6-15(12)18(20)21/h5-6,9,11,14,19H,2-4,7-8,10H2,1H3. The molecule has 1 fully saturated rings. The number of hydrogen-bond donors (Lipinski definition) is 1. The number of piperidine rings is 1. The molecule has 1 aromatic rings. The molecule has 0 aliphatic carbocycles. The summed E-state index contributed by atoms with van der Waals surface area (Å²) >= 11 is 0. The Hall–Kier alpha value is -1.53. The van der Waals surface area contributed by atoms with Crippen molar-refractivity contribution in [2.75, 3.05) is 6.54 Å². The molecule has 1 aromatic carbocycles. The molecule has 1 heterocycles. The first-order valence-electron chi connectivity index (χ1n) is 7.32. The van der Waals surface area contributed by atoms with Crippen LogP contribution in [0.5, 0.6) is 0 Å². The van der Waals surface area contributed by atoms with Crippen molar-refractivity contribution in [1.29, 1.82) is 0 Å². The SMILES string of the molecule is CC(O)CC1CCCCN1Cc1cc(F)ccc1[N+](=O)[O-]. The van der Waals surface area contributed by atoms with Gasteiger partial charge in [-0.25, -0.2) is 4.39 Å². The first-order valence-corrected chi connectivity index (χ1v) is 7.32. The van der Waals surface area contributed by atoms with E-state index >= 15 is 0 Å². The fraction of sp³-hybridized carbons (Fsp3) is 0.600. The van der Waals surface area contributed by atoms with Crippen LogP contribution in [0.25, 0.3) is 0 Å². The van der Waals surface area contributed by atoms with Crippen LogP contribution in [0.15, 0.2) is 18.2 Å². The van der Waals surface area contributed by atoms with Crippen LogP contribution in [-0.2, 0) is 6.54 Å². The molecule has 1 N–H and O–H groups in total. The minimum Gasteiger partial charge on any atom is -0.393 e. The Bertz CT molecular complexity index is 508. The Morgan fingerprint density at radius 1 is 1.52 bits per heavy atom. The summed E-state index contributed by atoms with van der Waals surface area (Å²) in [6.45, 7) is 2.92. The highest BCUT2D eigenvalue weighted by atomic mass is 19.1. The number of halogens is 1. The van der Waals surface area contributed by atoms with Crippen LogP contribution in [0, 0.1) is 15.9 Å². The maximum absolute atomic E-state index is 13.4. The molecular weight excluding hydrogens is 275 g/mol. The molecule has 5 nitrogen and oxygen atoms in total. The van der Waals surface area contributed by atoms with E-state index in [0.29, 0.717) is 18.5 Å². The minimum atomic E-state index is -0.470. The van der Waals surface area contributed by atoms with E-state index in [4.69, 9.17) is 0 Å². The quantitative estimate of drug-likeness (QED) is 0.670. The summed E-state index contributed by atoms with van der Waals surface area (Å²) in [5.74, 6) is -0.459. The summed E-state index contributed by atoms with van der Waals surface area (Å²) < 4.78 is 13.4. The smallest absolute Gasteiger partial charge is 0.274 e. The third kappa shape index (κ3) is 4.22. The van der Waals surface area contributed by atoms with Gasteiger partial charge in [0.05, 0.1) is 11.0 Å². The fourth-order valence-corrected chi connectivity index (χ4v) is 3.01. The highest BCUT2D eigenvalue weighted by Crippen LogP contribution is 2.27. The number of nitrogens with zero attached hydrogens (tertiary/aromatic N) is 2. The number of hydrogen-bond acceptors (Lipinski definition) is 4.